The van der Waals surface area contributed by atoms with Gasteiger partial charge in [0.05, 0.1) is 0 Å². The highest BCUT2D eigenvalue weighted by Crippen LogP contribution is 2.19. The van der Waals surface area contributed by atoms with Gasteiger partial charge in [-0.15, -0.1) is 0 Å². The quantitative estimate of drug-likeness (QED) is 0.922. The fraction of sp³-hybridized carbons (Fsp3) is 0.333. The van der Waals surface area contributed by atoms with Gasteiger partial charge in [-0.2, -0.15) is 0 Å². The molecule has 0 radical (unpaired) electrons. The van der Waals surface area contributed by atoms with Crippen LogP contribution in [0, 0.1) is 0 Å². The topological polar surface area (TPSA) is 54.5 Å². The highest BCUT2D eigenvalue weighted by Gasteiger charge is 2.24. The number of hydrogen-bond donors (Lipinski definition) is 1. The Morgan fingerprint density at radius 3 is 3.04 bits per heavy atom. The van der Waals surface area contributed by atoms with Crippen molar-refractivity contribution in [1.82, 2.24) is 9.88 Å². The number of benzene rings is 1. The lowest BCUT2D eigenvalue weighted by Gasteiger charge is -2.17. The lowest BCUT2D eigenvalue weighted by molar-refractivity contribution is -0.114. The van der Waals surface area contributed by atoms with Crippen molar-refractivity contribution in [2.45, 2.75) is 26.0 Å². The van der Waals surface area contributed by atoms with Gasteiger partial charge in [-0.25, -0.2) is 4.98 Å². The Balaban J connectivity index is 1.54. The second-order valence-electron chi connectivity index (χ2n) is 5.81. The zero-order valence-electron chi connectivity index (χ0n) is 13.2. The molecule has 1 N–H and O–H groups in total. The van der Waals surface area contributed by atoms with E-state index in [0.29, 0.717) is 5.88 Å². The molecule has 0 bridgehead atoms. The fourth-order valence-corrected chi connectivity index (χ4v) is 2.83. The summed E-state index contributed by atoms with van der Waals surface area (Å²) in [5.41, 5.74) is 2.03. The first-order valence-corrected chi connectivity index (χ1v) is 7.85. The van der Waals surface area contributed by atoms with Crippen LogP contribution in [0.4, 0.5) is 5.69 Å². The third-order valence-corrected chi connectivity index (χ3v) is 3.81. The Hall–Kier alpha value is -2.40. The minimum atomic E-state index is -0.0489. The molecule has 1 fully saturated rings. The number of nitrogens with one attached hydrogen (secondary N) is 1. The summed E-state index contributed by atoms with van der Waals surface area (Å²) in [6, 6.07) is 13.7. The molecule has 1 aromatic carbocycles. The maximum atomic E-state index is 11.1. The normalized spacial score (nSPS) is 17.9. The Bertz CT molecular complexity index is 660. The molecule has 0 unspecified atom stereocenters. The van der Waals surface area contributed by atoms with Gasteiger partial charge < -0.3 is 10.1 Å². The highest BCUT2D eigenvalue weighted by molar-refractivity contribution is 5.88. The van der Waals surface area contributed by atoms with Crippen LogP contribution in [0.25, 0.3) is 0 Å². The SMILES string of the molecule is CC(=O)Nc1cccc(CN2CC[C@H](Oc3ccccn3)C2)c1. The molecular formula is C18H21N3O2. The summed E-state index contributed by atoms with van der Waals surface area (Å²) in [6.45, 7) is 4.27. The van der Waals surface area contributed by atoms with Gasteiger partial charge in [0.15, 0.2) is 0 Å². The van der Waals surface area contributed by atoms with E-state index in [1.807, 2.05) is 36.4 Å². The van der Waals surface area contributed by atoms with Crippen LogP contribution in [0.2, 0.25) is 0 Å². The average molecular weight is 311 g/mol. The summed E-state index contributed by atoms with van der Waals surface area (Å²) < 4.78 is 5.91. The molecule has 5 nitrogen and oxygen atoms in total. The first kappa shape index (κ1) is 15.5. The van der Waals surface area contributed by atoms with Gasteiger partial charge >= 0.3 is 0 Å². The molecule has 1 saturated heterocycles. The Kier molecular flexibility index (Phi) is 4.88. The highest BCUT2D eigenvalue weighted by atomic mass is 16.5. The molecule has 3 rings (SSSR count). The number of aromatic nitrogens is 1. The van der Waals surface area contributed by atoms with Gasteiger partial charge in [0, 0.05) is 44.5 Å². The van der Waals surface area contributed by atoms with E-state index in [9.17, 15) is 4.79 Å². The van der Waals surface area contributed by atoms with Crippen LogP contribution in [0.1, 0.15) is 18.9 Å². The van der Waals surface area contributed by atoms with E-state index in [4.69, 9.17) is 4.74 Å². The van der Waals surface area contributed by atoms with Gasteiger partial charge in [-0.3, -0.25) is 9.69 Å². The number of nitrogens with zero attached hydrogens (tertiary/aromatic N) is 2. The van der Waals surface area contributed by atoms with Crippen LogP contribution in [0.3, 0.4) is 0 Å². The second-order valence-corrected chi connectivity index (χ2v) is 5.81. The second kappa shape index (κ2) is 7.24. The smallest absolute Gasteiger partial charge is 0.221 e. The van der Waals surface area contributed by atoms with Gasteiger partial charge in [-0.05, 0) is 30.2 Å². The zero-order valence-corrected chi connectivity index (χ0v) is 13.2. The summed E-state index contributed by atoms with van der Waals surface area (Å²) in [5, 5.41) is 2.82. The van der Waals surface area contributed by atoms with Crippen molar-refractivity contribution in [1.29, 1.82) is 0 Å². The molecule has 0 spiro atoms. The molecule has 1 amide bonds. The largest absolute Gasteiger partial charge is 0.473 e. The summed E-state index contributed by atoms with van der Waals surface area (Å²) >= 11 is 0. The fourth-order valence-electron chi connectivity index (χ4n) is 2.83. The number of carbonyl (C=O) groups is 1. The maximum absolute atomic E-state index is 11.1. The van der Waals surface area contributed by atoms with Crippen LogP contribution in [-0.4, -0.2) is 35.0 Å². The predicted molar refractivity (Wildman–Crippen MR) is 89.3 cm³/mol. The van der Waals surface area contributed by atoms with E-state index in [-0.39, 0.29) is 12.0 Å². The number of likely N-dealkylation sites (tertiary alicyclic amines) is 1. The Labute approximate surface area is 136 Å². The molecule has 1 aliphatic rings. The van der Waals surface area contributed by atoms with E-state index in [0.717, 1.165) is 31.7 Å². The van der Waals surface area contributed by atoms with Crippen LogP contribution < -0.4 is 10.1 Å². The molecule has 120 valence electrons. The third kappa shape index (κ3) is 4.53. The van der Waals surface area contributed by atoms with Gasteiger partial charge in [0.1, 0.15) is 6.10 Å². The maximum Gasteiger partial charge on any atom is 0.221 e. The van der Waals surface area contributed by atoms with Crippen molar-refractivity contribution >= 4 is 11.6 Å². The molecule has 1 atom stereocenters. The number of rotatable bonds is 5. The molecule has 0 saturated carbocycles. The third-order valence-electron chi connectivity index (χ3n) is 3.81. The zero-order chi connectivity index (χ0) is 16.1. The summed E-state index contributed by atoms with van der Waals surface area (Å²) in [5.74, 6) is 0.638. The van der Waals surface area contributed by atoms with Gasteiger partial charge in [-0.1, -0.05) is 18.2 Å². The molecule has 1 aliphatic heterocycles. The number of anilines is 1. The first-order chi connectivity index (χ1) is 11.2. The summed E-state index contributed by atoms with van der Waals surface area (Å²) in [6.07, 6.45) is 2.93. The van der Waals surface area contributed by atoms with Gasteiger partial charge in [0.2, 0.25) is 11.8 Å². The molecule has 1 aromatic heterocycles. The molecule has 2 heterocycles. The van der Waals surface area contributed by atoms with Crippen molar-refractivity contribution in [3.63, 3.8) is 0 Å². The van der Waals surface area contributed by atoms with Crippen molar-refractivity contribution in [3.8, 4) is 5.88 Å². The number of carbonyl (C=O) groups excluding carboxylic acids is 1. The number of amides is 1. The summed E-state index contributed by atoms with van der Waals surface area (Å²) in [7, 11) is 0. The standard InChI is InChI=1S/C18H21N3O2/c1-14(22)20-16-6-4-5-15(11-16)12-21-10-8-17(13-21)23-18-7-2-3-9-19-18/h2-7,9,11,17H,8,10,12-13H2,1H3,(H,20,22)/t17-/m0/s1. The molecule has 0 aliphatic carbocycles. The first-order valence-electron chi connectivity index (χ1n) is 7.85. The minimum absolute atomic E-state index is 0.0489. The van der Waals surface area contributed by atoms with E-state index in [1.165, 1.54) is 12.5 Å². The van der Waals surface area contributed by atoms with Crippen molar-refractivity contribution in [2.75, 3.05) is 18.4 Å². The van der Waals surface area contributed by atoms with Crippen molar-refractivity contribution < 1.29 is 9.53 Å². The van der Waals surface area contributed by atoms with Crippen molar-refractivity contribution in [2.24, 2.45) is 0 Å². The van der Waals surface area contributed by atoms with E-state index < -0.39 is 0 Å². The lowest BCUT2D eigenvalue weighted by atomic mass is 10.2. The molecular weight excluding hydrogens is 290 g/mol. The molecule has 5 heteroatoms. The molecule has 2 aromatic rings. The van der Waals surface area contributed by atoms with Crippen LogP contribution in [0.15, 0.2) is 48.7 Å². The van der Waals surface area contributed by atoms with Crippen molar-refractivity contribution in [3.05, 3.63) is 54.2 Å². The summed E-state index contributed by atoms with van der Waals surface area (Å²) in [4.78, 5) is 17.7. The lowest BCUT2D eigenvalue weighted by Crippen LogP contribution is -2.24. The van der Waals surface area contributed by atoms with Crippen LogP contribution in [0.5, 0.6) is 5.88 Å². The molecule has 23 heavy (non-hydrogen) atoms. The van der Waals surface area contributed by atoms with Gasteiger partial charge in [0.25, 0.3) is 0 Å². The predicted octanol–water partition coefficient (Wildman–Crippen LogP) is 2.69. The number of ether oxygens (including phenoxy) is 1. The minimum Gasteiger partial charge on any atom is -0.473 e. The number of hydrogen-bond acceptors (Lipinski definition) is 4. The monoisotopic (exact) mass is 311 g/mol. The van der Waals surface area contributed by atoms with E-state index in [1.54, 1.807) is 6.20 Å². The Morgan fingerprint density at radius 1 is 1.35 bits per heavy atom. The van der Waals surface area contributed by atoms with E-state index in [2.05, 4.69) is 21.3 Å². The van der Waals surface area contributed by atoms with E-state index >= 15 is 0 Å². The number of pyridine rings is 1. The Morgan fingerprint density at radius 2 is 2.26 bits per heavy atom. The van der Waals surface area contributed by atoms with Crippen LogP contribution >= 0.6 is 0 Å². The average Bonchev–Trinajstić information content (AvgIpc) is 2.95. The van der Waals surface area contributed by atoms with Crippen LogP contribution in [-0.2, 0) is 11.3 Å².